The fraction of sp³-hybridized carbons (Fsp3) is 0.613. The molecular formula is C31H45N7O7S. The molecule has 252 valence electrons. The van der Waals surface area contributed by atoms with Gasteiger partial charge in [-0.05, 0) is 35.9 Å². The summed E-state index contributed by atoms with van der Waals surface area (Å²) in [7, 11) is 0. The van der Waals surface area contributed by atoms with Crippen molar-refractivity contribution in [3.8, 4) is 10.4 Å². The van der Waals surface area contributed by atoms with Crippen molar-refractivity contribution in [2.75, 3.05) is 52.7 Å². The minimum absolute atomic E-state index is 0.0141. The van der Waals surface area contributed by atoms with E-state index in [2.05, 4.69) is 25.6 Å². The zero-order chi connectivity index (χ0) is 33.7. The van der Waals surface area contributed by atoms with Crippen LogP contribution in [0.3, 0.4) is 0 Å². The van der Waals surface area contributed by atoms with Crippen molar-refractivity contribution >= 4 is 29.1 Å². The Morgan fingerprint density at radius 2 is 1.76 bits per heavy atom. The number of benzene rings is 1. The van der Waals surface area contributed by atoms with Gasteiger partial charge in [0.25, 0.3) is 0 Å². The molecule has 0 unspecified atom stereocenters. The van der Waals surface area contributed by atoms with Crippen LogP contribution in [0.5, 0.6) is 0 Å². The molecule has 1 saturated heterocycles. The maximum absolute atomic E-state index is 13.8. The third kappa shape index (κ3) is 11.0. The van der Waals surface area contributed by atoms with Crippen molar-refractivity contribution in [2.24, 2.45) is 10.5 Å². The van der Waals surface area contributed by atoms with Gasteiger partial charge in [0, 0.05) is 24.4 Å². The number of aromatic nitrogens is 1. The van der Waals surface area contributed by atoms with Crippen LogP contribution >= 0.6 is 11.3 Å². The molecule has 1 aliphatic rings. The summed E-state index contributed by atoms with van der Waals surface area (Å²) in [6.45, 7) is 10.6. The van der Waals surface area contributed by atoms with E-state index in [1.165, 1.54) is 4.90 Å². The summed E-state index contributed by atoms with van der Waals surface area (Å²) in [4.78, 5) is 49.4. The first-order valence-electron chi connectivity index (χ1n) is 15.2. The smallest absolute Gasteiger partial charge is 0.246 e. The minimum Gasteiger partial charge on any atom is -0.391 e. The molecule has 15 heteroatoms. The Labute approximate surface area is 273 Å². The first-order valence-corrected chi connectivity index (χ1v) is 16.1. The molecule has 3 rings (SSSR count). The number of β-amino-alcohol motifs (C(OH)–C–C–N with tert-alkyl or cyclic N) is 1. The Kier molecular flexibility index (Phi) is 14.4. The number of amides is 3. The minimum atomic E-state index is -0.955. The van der Waals surface area contributed by atoms with E-state index in [0.29, 0.717) is 19.8 Å². The van der Waals surface area contributed by atoms with Gasteiger partial charge in [0.05, 0.1) is 61.3 Å². The normalized spacial score (nSPS) is 17.7. The van der Waals surface area contributed by atoms with Gasteiger partial charge >= 0.3 is 0 Å². The number of azide groups is 1. The monoisotopic (exact) mass is 659 g/mol. The summed E-state index contributed by atoms with van der Waals surface area (Å²) >= 11 is 1.57. The number of aliphatic hydroxyl groups excluding tert-OH is 1. The summed E-state index contributed by atoms with van der Waals surface area (Å²) in [5.41, 5.74) is 12.3. The Morgan fingerprint density at radius 1 is 1.11 bits per heavy atom. The summed E-state index contributed by atoms with van der Waals surface area (Å²) in [5.74, 6) is -1.30. The number of hydrogen-bond donors (Lipinski definition) is 3. The van der Waals surface area contributed by atoms with Gasteiger partial charge in [-0.25, -0.2) is 4.98 Å². The van der Waals surface area contributed by atoms with Gasteiger partial charge in [-0.1, -0.05) is 50.2 Å². The second kappa shape index (κ2) is 17.9. The standard InChI is InChI=1S/C31H45N7O7S/c1-20(22-6-8-23(9-7-22)27-21(2)33-19-46-27)35-29(41)25-16-24(39)17-38(25)30(42)28(31(3,4)5)36-26(40)18-45-15-14-44-13-12-43-11-10-34-37-32/h6-9,19-20,24-25,28,39H,10-18H2,1-5H3,(H,35,41)(H,36,40)/t20-,24+,25-,28+/m0/s1. The summed E-state index contributed by atoms with van der Waals surface area (Å²) in [6.07, 6.45) is -0.770. The SMILES string of the molecule is Cc1ncsc1-c1ccc([C@H](C)NC(=O)[C@@H]2C[C@@H](O)CN2C(=O)[C@@H](NC(=O)COCCOCCOCCN=[N+]=[N-])C(C)(C)C)cc1. The number of aryl methyl sites for hydroxylation is 1. The highest BCUT2D eigenvalue weighted by atomic mass is 32.1. The third-order valence-corrected chi connectivity index (χ3v) is 8.41. The van der Waals surface area contributed by atoms with Crippen LogP contribution in [-0.2, 0) is 28.6 Å². The van der Waals surface area contributed by atoms with Gasteiger partial charge < -0.3 is 34.9 Å². The van der Waals surface area contributed by atoms with Crippen LogP contribution in [0.15, 0.2) is 34.9 Å². The number of hydrogen-bond acceptors (Lipinski definition) is 10. The number of carbonyl (C=O) groups excluding carboxylic acids is 3. The highest BCUT2D eigenvalue weighted by Crippen LogP contribution is 2.29. The molecule has 3 amide bonds. The van der Waals surface area contributed by atoms with Crippen molar-refractivity contribution in [1.29, 1.82) is 0 Å². The predicted molar refractivity (Wildman–Crippen MR) is 173 cm³/mol. The maximum atomic E-state index is 13.8. The Hall–Kier alpha value is -3.59. The van der Waals surface area contributed by atoms with Crippen molar-refractivity contribution in [1.82, 2.24) is 20.5 Å². The largest absolute Gasteiger partial charge is 0.391 e. The summed E-state index contributed by atoms with van der Waals surface area (Å²) in [6, 6.07) is 5.72. The second-order valence-electron chi connectivity index (χ2n) is 12.1. The lowest BCUT2D eigenvalue weighted by Crippen LogP contribution is -2.58. The number of nitrogens with one attached hydrogen (secondary N) is 2. The molecule has 1 aromatic carbocycles. The van der Waals surface area contributed by atoms with Gasteiger partial charge in [0.15, 0.2) is 0 Å². The van der Waals surface area contributed by atoms with Crippen molar-refractivity contribution in [3.05, 3.63) is 51.5 Å². The number of thiazole rings is 1. The Morgan fingerprint density at radius 3 is 2.37 bits per heavy atom. The number of aliphatic hydroxyl groups is 1. The van der Waals surface area contributed by atoms with Crippen molar-refractivity contribution < 1.29 is 33.7 Å². The average molecular weight is 660 g/mol. The zero-order valence-electron chi connectivity index (χ0n) is 27.1. The van der Waals surface area contributed by atoms with E-state index < -0.39 is 35.4 Å². The zero-order valence-corrected chi connectivity index (χ0v) is 27.9. The quantitative estimate of drug-likeness (QED) is 0.0999. The lowest BCUT2D eigenvalue weighted by molar-refractivity contribution is -0.144. The molecule has 46 heavy (non-hydrogen) atoms. The van der Waals surface area contributed by atoms with Crippen LogP contribution in [0.1, 0.15) is 51.4 Å². The molecule has 2 heterocycles. The molecule has 0 radical (unpaired) electrons. The molecule has 1 aromatic heterocycles. The third-order valence-electron chi connectivity index (χ3n) is 7.44. The van der Waals surface area contributed by atoms with E-state index in [1.807, 2.05) is 64.4 Å². The number of likely N-dealkylation sites (tertiary alicyclic amines) is 1. The molecule has 2 aromatic rings. The van der Waals surface area contributed by atoms with E-state index in [4.69, 9.17) is 19.7 Å². The van der Waals surface area contributed by atoms with Gasteiger partial charge in [-0.15, -0.1) is 11.3 Å². The van der Waals surface area contributed by atoms with Crippen LogP contribution in [-0.4, -0.2) is 104 Å². The molecule has 14 nitrogen and oxygen atoms in total. The van der Waals surface area contributed by atoms with Gasteiger partial charge in [0.1, 0.15) is 18.7 Å². The molecule has 0 bridgehead atoms. The van der Waals surface area contributed by atoms with Gasteiger partial charge in [-0.2, -0.15) is 0 Å². The van der Waals surface area contributed by atoms with E-state index in [0.717, 1.165) is 21.7 Å². The van der Waals surface area contributed by atoms with Gasteiger partial charge in [0.2, 0.25) is 17.7 Å². The summed E-state index contributed by atoms with van der Waals surface area (Å²) in [5, 5.41) is 19.6. The summed E-state index contributed by atoms with van der Waals surface area (Å²) < 4.78 is 16.0. The molecule has 1 aliphatic heterocycles. The maximum Gasteiger partial charge on any atom is 0.246 e. The van der Waals surface area contributed by atoms with Crippen LogP contribution < -0.4 is 10.6 Å². The van der Waals surface area contributed by atoms with Crippen LogP contribution in [0.4, 0.5) is 0 Å². The van der Waals surface area contributed by atoms with E-state index >= 15 is 0 Å². The molecule has 0 saturated carbocycles. The molecule has 4 atom stereocenters. The van der Waals surface area contributed by atoms with E-state index in [1.54, 1.807) is 11.3 Å². The fourth-order valence-electron chi connectivity index (χ4n) is 4.97. The van der Waals surface area contributed by atoms with Crippen LogP contribution in [0.25, 0.3) is 20.9 Å². The molecule has 3 N–H and O–H groups in total. The topological polar surface area (TPSA) is 188 Å². The first-order chi connectivity index (χ1) is 21.9. The molecular weight excluding hydrogens is 614 g/mol. The average Bonchev–Trinajstić information content (AvgIpc) is 3.63. The molecule has 0 aliphatic carbocycles. The van der Waals surface area contributed by atoms with Crippen molar-refractivity contribution in [2.45, 2.75) is 65.3 Å². The van der Waals surface area contributed by atoms with Gasteiger partial charge in [-0.3, -0.25) is 14.4 Å². The number of nitrogens with zero attached hydrogens (tertiary/aromatic N) is 5. The number of rotatable bonds is 17. The van der Waals surface area contributed by atoms with Crippen LogP contribution in [0, 0.1) is 12.3 Å². The molecule has 0 spiro atoms. The lowest BCUT2D eigenvalue weighted by atomic mass is 9.85. The van der Waals surface area contributed by atoms with Crippen LogP contribution in [0.2, 0.25) is 0 Å². The highest BCUT2D eigenvalue weighted by molar-refractivity contribution is 7.13. The highest BCUT2D eigenvalue weighted by Gasteiger charge is 2.44. The fourth-order valence-corrected chi connectivity index (χ4v) is 5.78. The predicted octanol–water partition coefficient (Wildman–Crippen LogP) is 3.15. The van der Waals surface area contributed by atoms with E-state index in [-0.39, 0.29) is 51.3 Å². The second-order valence-corrected chi connectivity index (χ2v) is 13.0. The Bertz CT molecular complexity index is 1340. The number of ether oxygens (including phenoxy) is 3. The molecule has 1 fully saturated rings. The lowest BCUT2D eigenvalue weighted by Gasteiger charge is -2.35. The van der Waals surface area contributed by atoms with Crippen molar-refractivity contribution in [3.63, 3.8) is 0 Å². The van der Waals surface area contributed by atoms with E-state index in [9.17, 15) is 19.5 Å². The number of carbonyl (C=O) groups is 3. The first kappa shape index (κ1) is 36.9. The Balaban J connectivity index is 1.51.